The zero-order valence-corrected chi connectivity index (χ0v) is 17.5. The van der Waals surface area contributed by atoms with E-state index in [9.17, 15) is 13.2 Å². The number of carbonyl (C=O) groups excluding carboxylic acids is 1. The number of benzene rings is 2. The number of hydrogen-bond acceptors (Lipinski definition) is 6. The van der Waals surface area contributed by atoms with Crippen LogP contribution in [0.15, 0.2) is 41.5 Å². The summed E-state index contributed by atoms with van der Waals surface area (Å²) in [7, 11) is -3.72. The predicted octanol–water partition coefficient (Wildman–Crippen LogP) is 2.34. The van der Waals surface area contributed by atoms with Gasteiger partial charge < -0.3 is 9.47 Å². The van der Waals surface area contributed by atoms with Crippen molar-refractivity contribution in [3.63, 3.8) is 0 Å². The highest BCUT2D eigenvalue weighted by Gasteiger charge is 2.23. The third-order valence-corrected chi connectivity index (χ3v) is 5.72. The number of hydrazone groups is 1. The first-order valence-electron chi connectivity index (χ1n) is 8.70. The van der Waals surface area contributed by atoms with Crippen LogP contribution in [0.1, 0.15) is 11.1 Å². The van der Waals surface area contributed by atoms with Crippen LogP contribution >= 0.6 is 11.6 Å². The van der Waals surface area contributed by atoms with E-state index in [0.717, 1.165) is 10.6 Å². The highest BCUT2D eigenvalue weighted by molar-refractivity contribution is 7.92. The van der Waals surface area contributed by atoms with E-state index in [4.69, 9.17) is 21.1 Å². The Bertz CT molecular complexity index is 1060. The zero-order chi connectivity index (χ0) is 21.0. The summed E-state index contributed by atoms with van der Waals surface area (Å²) in [5.41, 5.74) is 3.87. The standard InChI is InChI=1S/C19H20ClN3O5S/c1-13-15(20)6-4-7-16(13)23(29(2,25)26)12-18(24)22-21-11-14-5-3-8-17-19(14)28-10-9-27-17/h3-8,11H,9-10,12H2,1-2H3,(H,22,24)/b21-11-. The Hall–Kier alpha value is -2.78. The van der Waals surface area contributed by atoms with Gasteiger partial charge in [0.05, 0.1) is 18.2 Å². The number of amides is 1. The number of hydrogen-bond donors (Lipinski definition) is 1. The van der Waals surface area contributed by atoms with Crippen LogP contribution in [0.25, 0.3) is 0 Å². The summed E-state index contributed by atoms with van der Waals surface area (Å²) >= 11 is 6.09. The van der Waals surface area contributed by atoms with Crippen molar-refractivity contribution in [2.75, 3.05) is 30.3 Å². The molecule has 0 radical (unpaired) electrons. The van der Waals surface area contributed by atoms with Crippen LogP contribution in [0.4, 0.5) is 5.69 Å². The molecule has 154 valence electrons. The number of halogens is 1. The van der Waals surface area contributed by atoms with Crippen molar-refractivity contribution < 1.29 is 22.7 Å². The second-order valence-corrected chi connectivity index (χ2v) is 8.63. The Balaban J connectivity index is 1.73. The number of sulfonamides is 1. The van der Waals surface area contributed by atoms with E-state index in [1.807, 2.05) is 0 Å². The maximum absolute atomic E-state index is 12.3. The van der Waals surface area contributed by atoms with E-state index in [2.05, 4.69) is 10.5 Å². The van der Waals surface area contributed by atoms with Crippen molar-refractivity contribution in [1.82, 2.24) is 5.43 Å². The molecule has 0 fully saturated rings. The number of para-hydroxylation sites is 1. The number of nitrogens with one attached hydrogen (secondary N) is 1. The molecule has 0 bridgehead atoms. The molecule has 0 unspecified atom stereocenters. The number of carbonyl (C=O) groups is 1. The van der Waals surface area contributed by atoms with Gasteiger partial charge in [-0.15, -0.1) is 0 Å². The number of nitrogens with zero attached hydrogens (tertiary/aromatic N) is 2. The van der Waals surface area contributed by atoms with Crippen LogP contribution in [0.5, 0.6) is 11.5 Å². The van der Waals surface area contributed by atoms with Crippen molar-refractivity contribution in [3.8, 4) is 11.5 Å². The Morgan fingerprint density at radius 1 is 1.24 bits per heavy atom. The Kier molecular flexibility index (Phi) is 6.29. The third-order valence-electron chi connectivity index (χ3n) is 4.18. The van der Waals surface area contributed by atoms with Gasteiger partial charge in [0.25, 0.3) is 5.91 Å². The molecule has 2 aromatic carbocycles. The molecule has 3 rings (SSSR count). The van der Waals surface area contributed by atoms with Crippen LogP contribution in [0.2, 0.25) is 5.02 Å². The maximum Gasteiger partial charge on any atom is 0.260 e. The Labute approximate surface area is 174 Å². The van der Waals surface area contributed by atoms with Crippen LogP contribution in [0, 0.1) is 6.92 Å². The van der Waals surface area contributed by atoms with E-state index in [1.165, 1.54) is 6.21 Å². The molecule has 1 aliphatic rings. The number of anilines is 1. The largest absolute Gasteiger partial charge is 0.486 e. The van der Waals surface area contributed by atoms with Crippen molar-refractivity contribution in [1.29, 1.82) is 0 Å². The van der Waals surface area contributed by atoms with E-state index >= 15 is 0 Å². The molecule has 1 heterocycles. The fourth-order valence-electron chi connectivity index (χ4n) is 2.78. The lowest BCUT2D eigenvalue weighted by Gasteiger charge is -2.23. The number of ether oxygens (including phenoxy) is 2. The molecule has 29 heavy (non-hydrogen) atoms. The number of fused-ring (bicyclic) bond motifs is 1. The topological polar surface area (TPSA) is 97.3 Å². The lowest BCUT2D eigenvalue weighted by molar-refractivity contribution is -0.119. The minimum Gasteiger partial charge on any atom is -0.486 e. The van der Waals surface area contributed by atoms with Gasteiger partial charge >= 0.3 is 0 Å². The molecule has 10 heteroatoms. The van der Waals surface area contributed by atoms with E-state index in [0.29, 0.717) is 46.5 Å². The second-order valence-electron chi connectivity index (χ2n) is 6.32. The molecule has 2 aromatic rings. The molecule has 0 aliphatic carbocycles. The highest BCUT2D eigenvalue weighted by atomic mass is 35.5. The molecule has 0 spiro atoms. The minimum absolute atomic E-state index is 0.335. The van der Waals surface area contributed by atoms with Gasteiger partial charge in [-0.2, -0.15) is 5.10 Å². The average Bonchev–Trinajstić information content (AvgIpc) is 2.68. The summed E-state index contributed by atoms with van der Waals surface area (Å²) in [6.07, 6.45) is 2.44. The van der Waals surface area contributed by atoms with Gasteiger partial charge in [-0.1, -0.05) is 23.7 Å². The van der Waals surface area contributed by atoms with Crippen molar-refractivity contribution in [3.05, 3.63) is 52.5 Å². The lowest BCUT2D eigenvalue weighted by Crippen LogP contribution is -2.39. The summed E-state index contributed by atoms with van der Waals surface area (Å²) < 4.78 is 36.5. The van der Waals surface area contributed by atoms with E-state index in [-0.39, 0.29) is 0 Å². The summed E-state index contributed by atoms with van der Waals surface area (Å²) in [5, 5.41) is 4.32. The molecule has 0 saturated carbocycles. The normalized spacial score (nSPS) is 13.3. The molecular weight excluding hydrogens is 418 g/mol. The Morgan fingerprint density at radius 3 is 2.72 bits per heavy atom. The van der Waals surface area contributed by atoms with Gasteiger partial charge in [-0.3, -0.25) is 9.10 Å². The SMILES string of the molecule is Cc1c(Cl)cccc1N(CC(=O)N/N=C\c1cccc2c1OCCO2)S(C)(=O)=O. The maximum atomic E-state index is 12.3. The van der Waals surface area contributed by atoms with E-state index < -0.39 is 22.5 Å². The summed E-state index contributed by atoms with van der Waals surface area (Å²) in [5.74, 6) is 0.545. The Morgan fingerprint density at radius 2 is 1.97 bits per heavy atom. The average molecular weight is 438 g/mol. The molecule has 0 atom stereocenters. The molecule has 1 N–H and O–H groups in total. The van der Waals surface area contributed by atoms with Crippen molar-refractivity contribution >= 4 is 39.4 Å². The third kappa shape index (κ3) is 4.99. The van der Waals surface area contributed by atoms with Gasteiger partial charge in [0.15, 0.2) is 11.5 Å². The van der Waals surface area contributed by atoms with Crippen LogP contribution in [0.3, 0.4) is 0 Å². The fraction of sp³-hybridized carbons (Fsp3) is 0.263. The van der Waals surface area contributed by atoms with Crippen LogP contribution in [-0.2, 0) is 14.8 Å². The summed E-state index contributed by atoms with van der Waals surface area (Å²) in [6.45, 7) is 2.14. The first kappa shape index (κ1) is 20.9. The fourth-order valence-corrected chi connectivity index (χ4v) is 3.86. The van der Waals surface area contributed by atoms with Crippen molar-refractivity contribution in [2.24, 2.45) is 5.10 Å². The lowest BCUT2D eigenvalue weighted by atomic mass is 10.2. The molecule has 8 nitrogen and oxygen atoms in total. The second kappa shape index (κ2) is 8.71. The minimum atomic E-state index is -3.72. The quantitative estimate of drug-likeness (QED) is 0.552. The van der Waals surface area contributed by atoms with Gasteiger partial charge in [-0.05, 0) is 36.8 Å². The van der Waals surface area contributed by atoms with Crippen LogP contribution < -0.4 is 19.2 Å². The van der Waals surface area contributed by atoms with Gasteiger partial charge in [-0.25, -0.2) is 13.8 Å². The summed E-state index contributed by atoms with van der Waals surface area (Å²) in [6, 6.07) is 10.2. The van der Waals surface area contributed by atoms with Gasteiger partial charge in [0.1, 0.15) is 19.8 Å². The molecule has 0 aromatic heterocycles. The van der Waals surface area contributed by atoms with Crippen LogP contribution in [-0.4, -0.2) is 46.6 Å². The zero-order valence-electron chi connectivity index (χ0n) is 15.9. The van der Waals surface area contributed by atoms with Gasteiger partial charge in [0, 0.05) is 10.6 Å². The van der Waals surface area contributed by atoms with Gasteiger partial charge in [0.2, 0.25) is 10.0 Å². The first-order chi connectivity index (χ1) is 13.8. The molecule has 0 saturated heterocycles. The highest BCUT2D eigenvalue weighted by Crippen LogP contribution is 2.32. The van der Waals surface area contributed by atoms with E-state index in [1.54, 1.807) is 43.3 Å². The smallest absolute Gasteiger partial charge is 0.260 e. The van der Waals surface area contributed by atoms with Crippen molar-refractivity contribution in [2.45, 2.75) is 6.92 Å². The summed E-state index contributed by atoms with van der Waals surface area (Å²) in [4.78, 5) is 12.3. The predicted molar refractivity (Wildman–Crippen MR) is 112 cm³/mol. The molecule has 1 aliphatic heterocycles. The molecular formula is C19H20ClN3O5S. The first-order valence-corrected chi connectivity index (χ1v) is 10.9. The monoisotopic (exact) mass is 437 g/mol. The number of rotatable bonds is 6. The molecule has 1 amide bonds.